The molecule has 0 unspecified atom stereocenters. The van der Waals surface area contributed by atoms with Gasteiger partial charge in [0.2, 0.25) is 0 Å². The van der Waals surface area contributed by atoms with Gasteiger partial charge in [-0.3, -0.25) is 10.1 Å². The molecule has 0 aliphatic heterocycles. The molecule has 0 spiro atoms. The summed E-state index contributed by atoms with van der Waals surface area (Å²) >= 11 is 5.98. The number of methoxy groups -OCH3 is 1. The van der Waals surface area contributed by atoms with E-state index in [0.29, 0.717) is 23.1 Å². The number of nitrogens with zero attached hydrogens (tertiary/aromatic N) is 1. The number of rotatable bonds is 5. The van der Waals surface area contributed by atoms with Crippen LogP contribution in [0.1, 0.15) is 5.76 Å². The molecule has 0 bridgehead atoms. The van der Waals surface area contributed by atoms with E-state index in [1.54, 1.807) is 24.3 Å². The molecule has 0 saturated carbocycles. The maximum absolute atomic E-state index is 10.5. The van der Waals surface area contributed by atoms with E-state index in [0.717, 1.165) is 5.69 Å². The Morgan fingerprint density at radius 2 is 2.21 bits per heavy atom. The van der Waals surface area contributed by atoms with Crippen molar-refractivity contribution in [1.82, 2.24) is 0 Å². The maximum atomic E-state index is 10.5. The Kier molecular flexibility index (Phi) is 3.91. The molecule has 0 radical (unpaired) electrons. The molecule has 2 aromatic rings. The third-order valence-electron chi connectivity index (χ3n) is 2.45. The molecular formula is C12H11ClN2O4. The predicted octanol–water partition coefficient (Wildman–Crippen LogP) is 3.46. The van der Waals surface area contributed by atoms with Gasteiger partial charge in [-0.2, -0.15) is 0 Å². The second kappa shape index (κ2) is 5.62. The van der Waals surface area contributed by atoms with Crippen molar-refractivity contribution in [1.29, 1.82) is 0 Å². The van der Waals surface area contributed by atoms with Crippen LogP contribution < -0.4 is 10.1 Å². The van der Waals surface area contributed by atoms with Gasteiger partial charge in [-0.15, -0.1) is 0 Å². The Morgan fingerprint density at radius 3 is 2.79 bits per heavy atom. The van der Waals surface area contributed by atoms with E-state index in [-0.39, 0.29) is 5.88 Å². The number of hydrogen-bond donors (Lipinski definition) is 1. The lowest BCUT2D eigenvalue weighted by atomic mass is 10.3. The average Bonchev–Trinajstić information content (AvgIpc) is 2.85. The number of ether oxygens (including phenoxy) is 1. The topological polar surface area (TPSA) is 77.5 Å². The molecule has 0 saturated heterocycles. The molecule has 1 heterocycles. The summed E-state index contributed by atoms with van der Waals surface area (Å²) in [5.41, 5.74) is 0.768. The molecule has 1 aromatic heterocycles. The number of hydrogen-bond acceptors (Lipinski definition) is 5. The van der Waals surface area contributed by atoms with E-state index < -0.39 is 4.92 Å². The van der Waals surface area contributed by atoms with Crippen molar-refractivity contribution in [3.63, 3.8) is 0 Å². The standard InChI is InChI=1S/C12H11ClN2O4/c1-18-11-4-2-8(6-10(11)13)14-7-9-3-5-12(19-9)15(16)17/h2-6,14H,7H2,1H3. The number of nitro groups is 1. The van der Waals surface area contributed by atoms with Crippen LogP contribution in [-0.4, -0.2) is 12.0 Å². The summed E-state index contributed by atoms with van der Waals surface area (Å²) < 4.78 is 10.1. The fraction of sp³-hybridized carbons (Fsp3) is 0.167. The van der Waals surface area contributed by atoms with E-state index in [4.69, 9.17) is 20.8 Å². The zero-order valence-electron chi connectivity index (χ0n) is 10.1. The summed E-state index contributed by atoms with van der Waals surface area (Å²) in [5.74, 6) is 0.782. The van der Waals surface area contributed by atoms with Crippen LogP contribution in [0.4, 0.5) is 11.6 Å². The molecule has 19 heavy (non-hydrogen) atoms. The smallest absolute Gasteiger partial charge is 0.433 e. The summed E-state index contributed by atoms with van der Waals surface area (Å²) in [6.07, 6.45) is 0. The fourth-order valence-corrected chi connectivity index (χ4v) is 1.78. The quantitative estimate of drug-likeness (QED) is 0.671. The summed E-state index contributed by atoms with van der Waals surface area (Å²) in [7, 11) is 1.54. The minimum atomic E-state index is -0.576. The highest BCUT2D eigenvalue weighted by atomic mass is 35.5. The molecule has 0 aliphatic rings. The molecule has 0 fully saturated rings. The second-order valence-corrected chi connectivity index (χ2v) is 4.11. The Labute approximate surface area is 114 Å². The fourth-order valence-electron chi connectivity index (χ4n) is 1.53. The maximum Gasteiger partial charge on any atom is 0.433 e. The van der Waals surface area contributed by atoms with E-state index >= 15 is 0 Å². The van der Waals surface area contributed by atoms with Gasteiger partial charge in [0.05, 0.1) is 24.7 Å². The van der Waals surface area contributed by atoms with Crippen LogP contribution in [0.2, 0.25) is 5.02 Å². The lowest BCUT2D eigenvalue weighted by molar-refractivity contribution is -0.402. The highest BCUT2D eigenvalue weighted by Gasteiger charge is 2.11. The van der Waals surface area contributed by atoms with Gasteiger partial charge in [0.25, 0.3) is 0 Å². The minimum Gasteiger partial charge on any atom is -0.495 e. The lowest BCUT2D eigenvalue weighted by Crippen LogP contribution is -1.98. The Morgan fingerprint density at radius 1 is 1.42 bits per heavy atom. The van der Waals surface area contributed by atoms with E-state index in [2.05, 4.69) is 5.32 Å². The third-order valence-corrected chi connectivity index (χ3v) is 2.74. The van der Waals surface area contributed by atoms with Crippen LogP contribution in [0.3, 0.4) is 0 Å². The molecule has 1 aromatic carbocycles. The van der Waals surface area contributed by atoms with Crippen molar-refractivity contribution in [2.45, 2.75) is 6.54 Å². The molecule has 100 valence electrons. The molecule has 0 atom stereocenters. The molecule has 2 rings (SSSR count). The van der Waals surface area contributed by atoms with Crippen LogP contribution >= 0.6 is 11.6 Å². The number of anilines is 1. The van der Waals surface area contributed by atoms with Gasteiger partial charge >= 0.3 is 5.88 Å². The summed E-state index contributed by atoms with van der Waals surface area (Å²) in [6.45, 7) is 0.330. The van der Waals surface area contributed by atoms with Crippen LogP contribution in [0.25, 0.3) is 0 Å². The van der Waals surface area contributed by atoms with Crippen LogP contribution in [0.15, 0.2) is 34.7 Å². The van der Waals surface area contributed by atoms with Gasteiger partial charge in [-0.05, 0) is 24.3 Å². The SMILES string of the molecule is COc1ccc(NCc2ccc([N+](=O)[O-])o2)cc1Cl. The Bertz CT molecular complexity index is 597. The third kappa shape index (κ3) is 3.17. The van der Waals surface area contributed by atoms with Crippen LogP contribution in [0.5, 0.6) is 5.75 Å². The highest BCUT2D eigenvalue weighted by Crippen LogP contribution is 2.27. The van der Waals surface area contributed by atoms with Crippen molar-refractivity contribution in [3.8, 4) is 5.75 Å². The van der Waals surface area contributed by atoms with Gasteiger partial charge in [0, 0.05) is 5.69 Å². The first kappa shape index (κ1) is 13.2. The molecule has 7 heteroatoms. The van der Waals surface area contributed by atoms with E-state index in [9.17, 15) is 10.1 Å². The monoisotopic (exact) mass is 282 g/mol. The van der Waals surface area contributed by atoms with Crippen molar-refractivity contribution in [2.75, 3.05) is 12.4 Å². The highest BCUT2D eigenvalue weighted by molar-refractivity contribution is 6.32. The van der Waals surface area contributed by atoms with E-state index in [1.165, 1.54) is 13.2 Å². The van der Waals surface area contributed by atoms with Gasteiger partial charge < -0.3 is 14.5 Å². The number of benzene rings is 1. The van der Waals surface area contributed by atoms with Crippen molar-refractivity contribution < 1.29 is 14.1 Å². The average molecular weight is 283 g/mol. The summed E-state index contributed by atoms with van der Waals surface area (Å²) in [6, 6.07) is 8.10. The van der Waals surface area contributed by atoms with Crippen molar-refractivity contribution >= 4 is 23.2 Å². The first-order valence-corrected chi connectivity index (χ1v) is 5.78. The molecule has 0 amide bonds. The molecule has 1 N–H and O–H groups in total. The van der Waals surface area contributed by atoms with Gasteiger partial charge in [0.15, 0.2) is 0 Å². The van der Waals surface area contributed by atoms with Crippen molar-refractivity contribution in [2.24, 2.45) is 0 Å². The number of halogens is 1. The van der Waals surface area contributed by atoms with Gasteiger partial charge in [0.1, 0.15) is 16.4 Å². The van der Waals surface area contributed by atoms with Crippen LogP contribution in [-0.2, 0) is 6.54 Å². The van der Waals surface area contributed by atoms with E-state index in [1.807, 2.05) is 0 Å². The zero-order valence-corrected chi connectivity index (χ0v) is 10.8. The Hall–Kier alpha value is -2.21. The molecule has 6 nitrogen and oxygen atoms in total. The second-order valence-electron chi connectivity index (χ2n) is 3.70. The van der Waals surface area contributed by atoms with Gasteiger partial charge in [-0.1, -0.05) is 11.6 Å². The molecular weight excluding hydrogens is 272 g/mol. The minimum absolute atomic E-state index is 0.274. The normalized spacial score (nSPS) is 10.2. The predicted molar refractivity (Wildman–Crippen MR) is 70.7 cm³/mol. The number of nitrogens with one attached hydrogen (secondary N) is 1. The summed E-state index contributed by atoms with van der Waals surface area (Å²) in [4.78, 5) is 9.89. The summed E-state index contributed by atoms with van der Waals surface area (Å²) in [5, 5.41) is 14.0. The first-order valence-electron chi connectivity index (χ1n) is 5.40. The zero-order chi connectivity index (χ0) is 13.8. The first-order chi connectivity index (χ1) is 9.10. The largest absolute Gasteiger partial charge is 0.495 e. The number of furan rings is 1. The van der Waals surface area contributed by atoms with Crippen LogP contribution in [0, 0.1) is 10.1 Å². The van der Waals surface area contributed by atoms with Crippen molar-refractivity contribution in [3.05, 3.63) is 51.2 Å². The van der Waals surface area contributed by atoms with Gasteiger partial charge in [-0.25, -0.2) is 0 Å². The molecule has 0 aliphatic carbocycles. The lowest BCUT2D eigenvalue weighted by Gasteiger charge is -2.07. The Balaban J connectivity index is 2.01.